The van der Waals surface area contributed by atoms with Crippen LogP contribution in [0.1, 0.15) is 48.8 Å². The number of hydrogen-bond donors (Lipinski definition) is 2. The van der Waals surface area contributed by atoms with E-state index in [2.05, 4.69) is 38.5 Å². The first kappa shape index (κ1) is 16.9. The van der Waals surface area contributed by atoms with E-state index in [1.54, 1.807) is 0 Å². The number of anilines is 1. The van der Waals surface area contributed by atoms with Crippen LogP contribution in [-0.4, -0.2) is 24.7 Å². The van der Waals surface area contributed by atoms with Crippen LogP contribution in [0.5, 0.6) is 0 Å². The molecule has 0 amide bonds. The van der Waals surface area contributed by atoms with Gasteiger partial charge < -0.3 is 9.88 Å². The summed E-state index contributed by atoms with van der Waals surface area (Å²) in [6.45, 7) is 6.02. The molecule has 2 N–H and O–H groups in total. The van der Waals surface area contributed by atoms with Crippen LogP contribution in [0, 0.1) is 13.8 Å². The zero-order valence-corrected chi connectivity index (χ0v) is 16.2. The Morgan fingerprint density at radius 1 is 1.21 bits per heavy atom. The standard InChI is InChI=1S/C21H22N6O/c1-11-5-4-6-14-9-16(27(15-7-8-15)21(28)17(11)14)12(2)24-19-18-13(3)25-26-20(18)23-10-22-19/h4-6,9-10,12,15H,7-8H2,1-3H3,(H2,22,23,24,25,26)/t12-/m0/s1. The van der Waals surface area contributed by atoms with Gasteiger partial charge in [0.25, 0.3) is 5.56 Å². The summed E-state index contributed by atoms with van der Waals surface area (Å²) in [5.41, 5.74) is 3.66. The summed E-state index contributed by atoms with van der Waals surface area (Å²) in [6.07, 6.45) is 3.61. The van der Waals surface area contributed by atoms with E-state index in [9.17, 15) is 4.79 Å². The maximum absolute atomic E-state index is 13.3. The van der Waals surface area contributed by atoms with Gasteiger partial charge in [0.1, 0.15) is 12.1 Å². The minimum atomic E-state index is -0.0920. The van der Waals surface area contributed by atoms with Crippen molar-refractivity contribution in [2.75, 3.05) is 5.32 Å². The van der Waals surface area contributed by atoms with Gasteiger partial charge in [-0.1, -0.05) is 18.2 Å². The predicted molar refractivity (Wildman–Crippen MR) is 110 cm³/mol. The molecule has 1 aliphatic rings. The van der Waals surface area contributed by atoms with E-state index < -0.39 is 0 Å². The zero-order valence-electron chi connectivity index (χ0n) is 16.2. The Balaban J connectivity index is 1.65. The molecule has 3 heterocycles. The highest BCUT2D eigenvalue weighted by Crippen LogP contribution is 2.37. The van der Waals surface area contributed by atoms with Gasteiger partial charge in [-0.3, -0.25) is 9.89 Å². The van der Waals surface area contributed by atoms with Gasteiger partial charge in [0.05, 0.1) is 16.8 Å². The van der Waals surface area contributed by atoms with Crippen LogP contribution in [0.4, 0.5) is 5.82 Å². The average molecular weight is 374 g/mol. The van der Waals surface area contributed by atoms with Gasteiger partial charge in [0.15, 0.2) is 5.65 Å². The van der Waals surface area contributed by atoms with Crippen molar-refractivity contribution >= 4 is 27.6 Å². The zero-order chi connectivity index (χ0) is 19.4. The second-order valence-electron chi connectivity index (χ2n) is 7.65. The SMILES string of the molecule is Cc1[nH]nc2ncnc(N[C@@H](C)c3cc4cccc(C)c4c(=O)n3C3CC3)c12. The summed E-state index contributed by atoms with van der Waals surface area (Å²) in [5.74, 6) is 0.725. The van der Waals surface area contributed by atoms with E-state index in [1.807, 2.05) is 36.6 Å². The van der Waals surface area contributed by atoms with Gasteiger partial charge >= 0.3 is 0 Å². The van der Waals surface area contributed by atoms with Crippen molar-refractivity contribution in [3.05, 3.63) is 57.9 Å². The number of hydrogen-bond acceptors (Lipinski definition) is 5. The van der Waals surface area contributed by atoms with E-state index in [0.29, 0.717) is 5.65 Å². The lowest BCUT2D eigenvalue weighted by Gasteiger charge is -2.21. The molecular weight excluding hydrogens is 352 g/mol. The number of aryl methyl sites for hydroxylation is 2. The molecule has 1 aliphatic carbocycles. The first-order valence-corrected chi connectivity index (χ1v) is 9.61. The summed E-state index contributed by atoms with van der Waals surface area (Å²) < 4.78 is 1.98. The van der Waals surface area contributed by atoms with Crippen molar-refractivity contribution in [1.82, 2.24) is 24.7 Å². The number of aromatic nitrogens is 5. The Kier molecular flexibility index (Phi) is 3.72. The number of pyridine rings is 1. The van der Waals surface area contributed by atoms with Crippen molar-refractivity contribution < 1.29 is 0 Å². The number of rotatable bonds is 4. The van der Waals surface area contributed by atoms with Gasteiger partial charge in [0, 0.05) is 17.4 Å². The summed E-state index contributed by atoms with van der Waals surface area (Å²) in [6, 6.07) is 8.35. The van der Waals surface area contributed by atoms with Gasteiger partial charge in [-0.2, -0.15) is 5.10 Å². The molecule has 5 rings (SSSR count). The van der Waals surface area contributed by atoms with Crippen LogP contribution < -0.4 is 10.9 Å². The molecule has 28 heavy (non-hydrogen) atoms. The molecule has 0 unspecified atom stereocenters. The Morgan fingerprint density at radius 2 is 2.04 bits per heavy atom. The highest BCUT2D eigenvalue weighted by molar-refractivity contribution is 5.89. The fourth-order valence-corrected chi connectivity index (χ4v) is 4.00. The van der Waals surface area contributed by atoms with Crippen LogP contribution in [0.3, 0.4) is 0 Å². The Hall–Kier alpha value is -3.22. The molecule has 1 atom stereocenters. The molecule has 0 bridgehead atoms. The van der Waals surface area contributed by atoms with Crippen molar-refractivity contribution in [2.24, 2.45) is 0 Å². The largest absolute Gasteiger partial charge is 0.361 e. The quantitative estimate of drug-likeness (QED) is 0.567. The number of H-pyrrole nitrogens is 1. The molecule has 142 valence electrons. The van der Waals surface area contributed by atoms with Gasteiger partial charge in [-0.25, -0.2) is 9.97 Å². The molecule has 0 aliphatic heterocycles. The first-order valence-electron chi connectivity index (χ1n) is 9.61. The number of nitrogens with one attached hydrogen (secondary N) is 2. The van der Waals surface area contributed by atoms with E-state index in [4.69, 9.17) is 0 Å². The monoisotopic (exact) mass is 374 g/mol. The molecular formula is C21H22N6O. The summed E-state index contributed by atoms with van der Waals surface area (Å²) in [4.78, 5) is 22.0. The highest BCUT2D eigenvalue weighted by Gasteiger charge is 2.29. The lowest BCUT2D eigenvalue weighted by atomic mass is 10.0. The van der Waals surface area contributed by atoms with Crippen LogP contribution in [0.25, 0.3) is 21.8 Å². The molecule has 4 aromatic rings. The second-order valence-corrected chi connectivity index (χ2v) is 7.65. The first-order chi connectivity index (χ1) is 13.5. The lowest BCUT2D eigenvalue weighted by Crippen LogP contribution is -2.26. The molecule has 3 aromatic heterocycles. The third kappa shape index (κ3) is 2.58. The normalized spacial score (nSPS) is 15.2. The van der Waals surface area contributed by atoms with Crippen LogP contribution in [0.15, 0.2) is 35.4 Å². The summed E-state index contributed by atoms with van der Waals surface area (Å²) in [5, 5.41) is 13.3. The fourth-order valence-electron chi connectivity index (χ4n) is 4.00. The number of aromatic amines is 1. The number of fused-ring (bicyclic) bond motifs is 2. The van der Waals surface area contributed by atoms with Crippen LogP contribution in [-0.2, 0) is 0 Å². The topological polar surface area (TPSA) is 88.5 Å². The Morgan fingerprint density at radius 3 is 2.82 bits per heavy atom. The average Bonchev–Trinajstić information content (AvgIpc) is 3.44. The van der Waals surface area contributed by atoms with Crippen molar-refractivity contribution in [1.29, 1.82) is 0 Å². The Bertz CT molecular complexity index is 1270. The molecule has 1 saturated carbocycles. The summed E-state index contributed by atoms with van der Waals surface area (Å²) in [7, 11) is 0. The van der Waals surface area contributed by atoms with Crippen LogP contribution >= 0.6 is 0 Å². The molecule has 7 nitrogen and oxygen atoms in total. The maximum Gasteiger partial charge on any atom is 0.259 e. The number of nitrogens with zero attached hydrogens (tertiary/aromatic N) is 4. The third-order valence-corrected chi connectivity index (χ3v) is 5.56. The second kappa shape index (κ2) is 6.15. The van der Waals surface area contributed by atoms with Gasteiger partial charge in [0.2, 0.25) is 0 Å². The van der Waals surface area contributed by atoms with E-state index in [0.717, 1.165) is 51.8 Å². The molecule has 1 fully saturated rings. The third-order valence-electron chi connectivity index (χ3n) is 5.56. The minimum Gasteiger partial charge on any atom is -0.361 e. The molecule has 0 radical (unpaired) electrons. The number of benzene rings is 1. The molecule has 7 heteroatoms. The van der Waals surface area contributed by atoms with Gasteiger partial charge in [-0.05, 0) is 50.6 Å². The Labute approximate surface area is 161 Å². The summed E-state index contributed by atoms with van der Waals surface area (Å²) >= 11 is 0. The van der Waals surface area contributed by atoms with E-state index in [1.165, 1.54) is 6.33 Å². The van der Waals surface area contributed by atoms with Crippen molar-refractivity contribution in [3.8, 4) is 0 Å². The van der Waals surface area contributed by atoms with E-state index in [-0.39, 0.29) is 17.6 Å². The van der Waals surface area contributed by atoms with E-state index >= 15 is 0 Å². The minimum absolute atomic E-state index is 0.0920. The van der Waals surface area contributed by atoms with Gasteiger partial charge in [-0.15, -0.1) is 0 Å². The molecule has 0 saturated heterocycles. The maximum atomic E-state index is 13.3. The van der Waals surface area contributed by atoms with Crippen LogP contribution in [0.2, 0.25) is 0 Å². The predicted octanol–water partition coefficient (Wildman–Crippen LogP) is 3.79. The molecule has 0 spiro atoms. The molecule has 1 aromatic carbocycles. The van der Waals surface area contributed by atoms with Crippen molar-refractivity contribution in [3.63, 3.8) is 0 Å². The smallest absolute Gasteiger partial charge is 0.259 e. The highest BCUT2D eigenvalue weighted by atomic mass is 16.1. The van der Waals surface area contributed by atoms with Crippen molar-refractivity contribution in [2.45, 2.75) is 45.7 Å². The lowest BCUT2D eigenvalue weighted by molar-refractivity contribution is 0.636. The fraction of sp³-hybridized carbons (Fsp3) is 0.333.